The Labute approximate surface area is 131 Å². The molecule has 0 amide bonds. The quantitative estimate of drug-likeness (QED) is 0.851. The molecule has 5 nitrogen and oxygen atoms in total. The van der Waals surface area contributed by atoms with Crippen molar-refractivity contribution in [2.24, 2.45) is 5.41 Å². The van der Waals surface area contributed by atoms with Gasteiger partial charge >= 0.3 is 0 Å². The van der Waals surface area contributed by atoms with E-state index in [-0.39, 0.29) is 17.6 Å². The summed E-state index contributed by atoms with van der Waals surface area (Å²) in [7, 11) is 0. The maximum absolute atomic E-state index is 6.37. The first-order valence-corrected chi connectivity index (χ1v) is 7.69. The molecule has 1 aromatic carbocycles. The Bertz CT molecular complexity index is 618. The van der Waals surface area contributed by atoms with Gasteiger partial charge in [0.2, 0.25) is 5.89 Å². The van der Waals surface area contributed by atoms with Gasteiger partial charge in [-0.1, -0.05) is 51.1 Å². The number of aryl methyl sites for hydroxylation is 1. The molecule has 0 spiro atoms. The van der Waals surface area contributed by atoms with Gasteiger partial charge in [0, 0.05) is 13.5 Å². The van der Waals surface area contributed by atoms with Crippen LogP contribution in [0.25, 0.3) is 0 Å². The summed E-state index contributed by atoms with van der Waals surface area (Å²) in [5.41, 5.74) is 1.23. The van der Waals surface area contributed by atoms with Gasteiger partial charge in [-0.15, -0.1) is 0 Å². The van der Waals surface area contributed by atoms with Crippen LogP contribution in [0.3, 0.4) is 0 Å². The van der Waals surface area contributed by atoms with E-state index in [0.29, 0.717) is 11.8 Å². The summed E-state index contributed by atoms with van der Waals surface area (Å²) in [6.45, 7) is 9.91. The third-order valence-electron chi connectivity index (χ3n) is 4.04. The summed E-state index contributed by atoms with van der Waals surface area (Å²) in [6.07, 6.45) is 0.114. The normalized spacial score (nSPS) is 22.8. The Kier molecular flexibility index (Phi) is 3.91. The fourth-order valence-electron chi connectivity index (χ4n) is 2.67. The minimum absolute atomic E-state index is 0.0120. The second-order valence-electron chi connectivity index (χ2n) is 6.91. The van der Waals surface area contributed by atoms with Crippen LogP contribution in [0, 0.1) is 12.3 Å². The SMILES string of the molecule is Cc1nc(N2C[C@@H](c3ccccc3)O[C@@H](C(C)(C)C)C2)no1. The van der Waals surface area contributed by atoms with Crippen molar-refractivity contribution in [1.82, 2.24) is 10.1 Å². The number of benzene rings is 1. The van der Waals surface area contributed by atoms with Crippen LogP contribution in [0.15, 0.2) is 34.9 Å². The van der Waals surface area contributed by atoms with Gasteiger partial charge < -0.3 is 14.2 Å². The summed E-state index contributed by atoms with van der Waals surface area (Å²) >= 11 is 0. The molecule has 22 heavy (non-hydrogen) atoms. The molecule has 0 saturated carbocycles. The van der Waals surface area contributed by atoms with Crippen molar-refractivity contribution in [3.05, 3.63) is 41.8 Å². The largest absolute Gasteiger partial charge is 0.366 e. The number of aromatic nitrogens is 2. The zero-order valence-corrected chi connectivity index (χ0v) is 13.6. The number of nitrogens with zero attached hydrogens (tertiary/aromatic N) is 3. The number of ether oxygens (including phenoxy) is 1. The number of morpholine rings is 1. The predicted octanol–water partition coefficient (Wildman–Crippen LogP) is 3.37. The molecule has 0 N–H and O–H groups in total. The average molecular weight is 301 g/mol. The first kappa shape index (κ1) is 15.0. The van der Waals surface area contributed by atoms with Crippen LogP contribution in [-0.4, -0.2) is 29.3 Å². The summed E-state index contributed by atoms with van der Waals surface area (Å²) < 4.78 is 11.5. The Morgan fingerprint density at radius 3 is 2.45 bits per heavy atom. The van der Waals surface area contributed by atoms with Crippen molar-refractivity contribution < 1.29 is 9.26 Å². The smallest absolute Gasteiger partial charge is 0.266 e. The van der Waals surface area contributed by atoms with Gasteiger partial charge in [-0.05, 0) is 16.1 Å². The predicted molar refractivity (Wildman–Crippen MR) is 84.8 cm³/mol. The van der Waals surface area contributed by atoms with Crippen molar-refractivity contribution in [1.29, 1.82) is 0 Å². The Hall–Kier alpha value is -1.88. The topological polar surface area (TPSA) is 51.4 Å². The summed E-state index contributed by atoms with van der Waals surface area (Å²) in [4.78, 5) is 6.53. The minimum Gasteiger partial charge on any atom is -0.366 e. The van der Waals surface area contributed by atoms with E-state index in [0.717, 1.165) is 13.1 Å². The zero-order chi connectivity index (χ0) is 15.7. The average Bonchev–Trinajstić information content (AvgIpc) is 2.93. The van der Waals surface area contributed by atoms with Crippen molar-refractivity contribution in [3.8, 4) is 0 Å². The monoisotopic (exact) mass is 301 g/mol. The molecular formula is C17H23N3O2. The Morgan fingerprint density at radius 1 is 1.14 bits per heavy atom. The standard InChI is InChI=1S/C17H23N3O2/c1-12-18-16(19-22-12)20-10-14(13-8-6-5-7-9-13)21-15(11-20)17(2,3)4/h5-9,14-15H,10-11H2,1-4H3/t14-,15+/m0/s1. The second-order valence-corrected chi connectivity index (χ2v) is 6.91. The highest BCUT2D eigenvalue weighted by Crippen LogP contribution is 2.34. The molecule has 1 aliphatic rings. The number of hydrogen-bond donors (Lipinski definition) is 0. The molecule has 1 aromatic heterocycles. The molecule has 1 aliphatic heterocycles. The Morgan fingerprint density at radius 2 is 1.86 bits per heavy atom. The third-order valence-corrected chi connectivity index (χ3v) is 4.04. The molecule has 118 valence electrons. The van der Waals surface area contributed by atoms with Gasteiger partial charge in [0.15, 0.2) is 0 Å². The van der Waals surface area contributed by atoms with E-state index in [9.17, 15) is 0 Å². The lowest BCUT2D eigenvalue weighted by Crippen LogP contribution is -2.49. The van der Waals surface area contributed by atoms with E-state index in [1.54, 1.807) is 0 Å². The summed E-state index contributed by atoms with van der Waals surface area (Å²) in [5, 5.41) is 4.07. The fourth-order valence-corrected chi connectivity index (χ4v) is 2.67. The van der Waals surface area contributed by atoms with Gasteiger partial charge in [-0.2, -0.15) is 4.98 Å². The maximum atomic E-state index is 6.37. The van der Waals surface area contributed by atoms with Crippen molar-refractivity contribution in [2.45, 2.75) is 39.9 Å². The maximum Gasteiger partial charge on any atom is 0.266 e. The van der Waals surface area contributed by atoms with Crippen LogP contribution in [-0.2, 0) is 4.74 Å². The highest BCUT2D eigenvalue weighted by molar-refractivity contribution is 5.32. The lowest BCUT2D eigenvalue weighted by molar-refractivity contribution is -0.0795. The van der Waals surface area contributed by atoms with Crippen molar-refractivity contribution in [2.75, 3.05) is 18.0 Å². The van der Waals surface area contributed by atoms with Crippen molar-refractivity contribution in [3.63, 3.8) is 0 Å². The number of anilines is 1. The van der Waals surface area contributed by atoms with E-state index >= 15 is 0 Å². The van der Waals surface area contributed by atoms with E-state index < -0.39 is 0 Å². The van der Waals surface area contributed by atoms with Crippen LogP contribution in [0.5, 0.6) is 0 Å². The molecule has 2 heterocycles. The summed E-state index contributed by atoms with van der Waals surface area (Å²) in [5.74, 6) is 1.24. The molecule has 0 bridgehead atoms. The van der Waals surface area contributed by atoms with E-state index in [2.05, 4.69) is 47.9 Å². The molecule has 2 aromatic rings. The van der Waals surface area contributed by atoms with Crippen LogP contribution in [0.2, 0.25) is 0 Å². The summed E-state index contributed by atoms with van der Waals surface area (Å²) in [6, 6.07) is 10.3. The highest BCUT2D eigenvalue weighted by Gasteiger charge is 2.37. The highest BCUT2D eigenvalue weighted by atomic mass is 16.5. The van der Waals surface area contributed by atoms with Gasteiger partial charge in [-0.25, -0.2) is 0 Å². The van der Waals surface area contributed by atoms with Crippen LogP contribution in [0.4, 0.5) is 5.95 Å². The van der Waals surface area contributed by atoms with Crippen LogP contribution < -0.4 is 4.90 Å². The molecule has 1 saturated heterocycles. The van der Waals surface area contributed by atoms with Gasteiger partial charge in [0.25, 0.3) is 5.95 Å². The third kappa shape index (κ3) is 3.14. The zero-order valence-electron chi connectivity index (χ0n) is 13.6. The molecule has 0 radical (unpaired) electrons. The van der Waals surface area contributed by atoms with Gasteiger partial charge in [0.1, 0.15) is 6.10 Å². The first-order chi connectivity index (χ1) is 10.4. The Balaban J connectivity index is 1.88. The lowest BCUT2D eigenvalue weighted by Gasteiger charge is -2.43. The van der Waals surface area contributed by atoms with Crippen molar-refractivity contribution >= 4 is 5.95 Å². The van der Waals surface area contributed by atoms with Gasteiger partial charge in [0.05, 0.1) is 12.6 Å². The number of rotatable bonds is 2. The van der Waals surface area contributed by atoms with E-state index in [1.165, 1.54) is 5.56 Å². The molecule has 1 fully saturated rings. The minimum atomic E-state index is 0.0120. The van der Waals surface area contributed by atoms with Crippen LogP contribution in [0.1, 0.15) is 38.3 Å². The van der Waals surface area contributed by atoms with Gasteiger partial charge in [-0.3, -0.25) is 0 Å². The fraction of sp³-hybridized carbons (Fsp3) is 0.529. The first-order valence-electron chi connectivity index (χ1n) is 7.69. The molecule has 2 atom stereocenters. The number of hydrogen-bond acceptors (Lipinski definition) is 5. The second kappa shape index (κ2) is 5.72. The molecule has 0 aliphatic carbocycles. The molecule has 5 heteroatoms. The molecule has 3 rings (SSSR count). The van der Waals surface area contributed by atoms with Crippen LogP contribution >= 0.6 is 0 Å². The molecular weight excluding hydrogens is 278 g/mol. The van der Waals surface area contributed by atoms with E-state index in [1.807, 2.05) is 25.1 Å². The van der Waals surface area contributed by atoms with E-state index in [4.69, 9.17) is 9.26 Å². The lowest BCUT2D eigenvalue weighted by atomic mass is 9.87. The molecule has 0 unspecified atom stereocenters.